The average Bonchev–Trinajstić information content (AvgIpc) is 2.31. The van der Waals surface area contributed by atoms with Gasteiger partial charge in [0, 0.05) is 24.3 Å². The van der Waals surface area contributed by atoms with E-state index in [2.05, 4.69) is 9.97 Å². The summed E-state index contributed by atoms with van der Waals surface area (Å²) in [7, 11) is 0. The Bertz CT molecular complexity index is 434. The van der Waals surface area contributed by atoms with Gasteiger partial charge in [0.15, 0.2) is 0 Å². The molecule has 0 amide bonds. The number of aromatic nitrogens is 2. The summed E-state index contributed by atoms with van der Waals surface area (Å²) in [6.45, 7) is 0. The smallest absolute Gasteiger partial charge is 0.219 e. The van der Waals surface area contributed by atoms with Gasteiger partial charge in [0.05, 0.1) is 6.20 Å². The van der Waals surface area contributed by atoms with E-state index >= 15 is 0 Å². The Labute approximate surface area is 92.7 Å². The van der Waals surface area contributed by atoms with Crippen molar-refractivity contribution in [3.8, 4) is 11.6 Å². The van der Waals surface area contributed by atoms with Crippen LogP contribution in [0.4, 0.5) is 0 Å². The van der Waals surface area contributed by atoms with Gasteiger partial charge in [0.2, 0.25) is 5.88 Å². The molecular formula is C11H9ClN2O. The number of nitrogens with zero attached hydrogens (tertiary/aromatic N) is 2. The zero-order valence-electron chi connectivity index (χ0n) is 7.93. The number of hydrogen-bond donors (Lipinski definition) is 0. The summed E-state index contributed by atoms with van der Waals surface area (Å²) in [4.78, 5) is 8.02. The fourth-order valence-corrected chi connectivity index (χ4v) is 1.28. The van der Waals surface area contributed by atoms with Gasteiger partial charge in [-0.1, -0.05) is 0 Å². The second-order valence-corrected chi connectivity index (χ2v) is 3.19. The molecule has 3 nitrogen and oxygen atoms in total. The van der Waals surface area contributed by atoms with Crippen molar-refractivity contribution in [2.24, 2.45) is 0 Å². The van der Waals surface area contributed by atoms with Gasteiger partial charge in [-0.25, -0.2) is 4.98 Å². The maximum atomic E-state index is 5.71. The average molecular weight is 221 g/mol. The van der Waals surface area contributed by atoms with Crippen LogP contribution in [-0.4, -0.2) is 9.97 Å². The molecule has 0 unspecified atom stereocenters. The van der Waals surface area contributed by atoms with Crippen molar-refractivity contribution < 1.29 is 4.74 Å². The molecule has 2 aromatic rings. The minimum absolute atomic E-state index is 0.450. The van der Waals surface area contributed by atoms with Crippen LogP contribution in [0.25, 0.3) is 0 Å². The highest BCUT2D eigenvalue weighted by Crippen LogP contribution is 2.18. The van der Waals surface area contributed by atoms with Crippen LogP contribution in [-0.2, 0) is 5.88 Å². The molecule has 0 aliphatic rings. The van der Waals surface area contributed by atoms with E-state index in [1.165, 1.54) is 0 Å². The summed E-state index contributed by atoms with van der Waals surface area (Å²) in [5.41, 5.74) is 0.977. The molecule has 2 rings (SSSR count). The Morgan fingerprint density at radius 1 is 1.27 bits per heavy atom. The molecule has 0 N–H and O–H groups in total. The van der Waals surface area contributed by atoms with Crippen molar-refractivity contribution in [3.63, 3.8) is 0 Å². The molecule has 0 fully saturated rings. The van der Waals surface area contributed by atoms with E-state index in [9.17, 15) is 0 Å². The Hall–Kier alpha value is -1.61. The number of halogens is 1. The van der Waals surface area contributed by atoms with Crippen molar-refractivity contribution >= 4 is 11.6 Å². The first-order valence-corrected chi connectivity index (χ1v) is 5.01. The minimum atomic E-state index is 0.450. The van der Waals surface area contributed by atoms with E-state index in [0.29, 0.717) is 17.5 Å². The lowest BCUT2D eigenvalue weighted by molar-refractivity contribution is 0.460. The molecule has 0 aliphatic carbocycles. The first-order valence-electron chi connectivity index (χ1n) is 4.47. The summed E-state index contributed by atoms with van der Waals surface area (Å²) in [6, 6.07) is 7.28. The molecule has 76 valence electrons. The summed E-state index contributed by atoms with van der Waals surface area (Å²) >= 11 is 5.71. The molecule has 0 saturated heterocycles. The molecule has 0 radical (unpaired) electrons. The lowest BCUT2D eigenvalue weighted by Gasteiger charge is -2.04. The van der Waals surface area contributed by atoms with Gasteiger partial charge >= 0.3 is 0 Å². The van der Waals surface area contributed by atoms with Crippen molar-refractivity contribution in [1.29, 1.82) is 0 Å². The van der Waals surface area contributed by atoms with Crippen LogP contribution in [0.5, 0.6) is 11.6 Å². The van der Waals surface area contributed by atoms with Crippen molar-refractivity contribution in [1.82, 2.24) is 9.97 Å². The number of pyridine rings is 2. The van der Waals surface area contributed by atoms with E-state index in [1.54, 1.807) is 30.7 Å². The fourth-order valence-electron chi connectivity index (χ4n) is 1.12. The first kappa shape index (κ1) is 9.93. The van der Waals surface area contributed by atoms with Crippen LogP contribution < -0.4 is 4.74 Å². The highest BCUT2D eigenvalue weighted by Gasteiger charge is 1.99. The van der Waals surface area contributed by atoms with Crippen LogP contribution in [0.3, 0.4) is 0 Å². The Morgan fingerprint density at radius 2 is 2.20 bits per heavy atom. The molecule has 0 aliphatic heterocycles. The summed E-state index contributed by atoms with van der Waals surface area (Å²) in [6.07, 6.45) is 4.99. The predicted octanol–water partition coefficient (Wildman–Crippen LogP) is 3.01. The standard InChI is InChI=1S/C11H9ClN2O/c12-7-9-3-5-14-11(6-9)15-10-2-1-4-13-8-10/h1-6,8H,7H2. The van der Waals surface area contributed by atoms with Crippen LogP contribution in [0.1, 0.15) is 5.56 Å². The van der Waals surface area contributed by atoms with Gasteiger partial charge < -0.3 is 4.74 Å². The van der Waals surface area contributed by atoms with Crippen LogP contribution in [0.2, 0.25) is 0 Å². The third-order valence-electron chi connectivity index (χ3n) is 1.81. The van der Waals surface area contributed by atoms with E-state index in [4.69, 9.17) is 16.3 Å². The van der Waals surface area contributed by atoms with Crippen LogP contribution in [0, 0.1) is 0 Å². The fraction of sp³-hybridized carbons (Fsp3) is 0.0909. The topological polar surface area (TPSA) is 35.0 Å². The number of ether oxygens (including phenoxy) is 1. The quantitative estimate of drug-likeness (QED) is 0.746. The summed E-state index contributed by atoms with van der Waals surface area (Å²) < 4.78 is 5.49. The third kappa shape index (κ3) is 2.67. The van der Waals surface area contributed by atoms with E-state index < -0.39 is 0 Å². The first-order chi connectivity index (χ1) is 7.38. The minimum Gasteiger partial charge on any atom is -0.437 e. The predicted molar refractivity (Wildman–Crippen MR) is 58.1 cm³/mol. The van der Waals surface area contributed by atoms with Crippen molar-refractivity contribution in [2.75, 3.05) is 0 Å². The maximum Gasteiger partial charge on any atom is 0.219 e. The molecule has 2 heterocycles. The molecule has 0 aromatic carbocycles. The lowest BCUT2D eigenvalue weighted by Crippen LogP contribution is -1.89. The van der Waals surface area contributed by atoms with E-state index in [0.717, 1.165) is 5.56 Å². The lowest BCUT2D eigenvalue weighted by atomic mass is 10.3. The molecule has 15 heavy (non-hydrogen) atoms. The van der Waals surface area contributed by atoms with Gasteiger partial charge in [-0.3, -0.25) is 4.98 Å². The van der Waals surface area contributed by atoms with Gasteiger partial charge in [0.25, 0.3) is 0 Å². The molecule has 0 bridgehead atoms. The Balaban J connectivity index is 2.17. The Kier molecular flexibility index (Phi) is 3.15. The monoisotopic (exact) mass is 220 g/mol. The van der Waals surface area contributed by atoms with E-state index in [1.807, 2.05) is 12.1 Å². The second kappa shape index (κ2) is 4.75. The van der Waals surface area contributed by atoms with Gasteiger partial charge in [-0.2, -0.15) is 0 Å². The highest BCUT2D eigenvalue weighted by atomic mass is 35.5. The van der Waals surface area contributed by atoms with Gasteiger partial charge in [-0.05, 0) is 23.8 Å². The number of hydrogen-bond acceptors (Lipinski definition) is 3. The van der Waals surface area contributed by atoms with Gasteiger partial charge in [-0.15, -0.1) is 11.6 Å². The van der Waals surface area contributed by atoms with Crippen LogP contribution in [0.15, 0.2) is 42.9 Å². The summed E-state index contributed by atoms with van der Waals surface area (Å²) in [5.74, 6) is 1.64. The third-order valence-corrected chi connectivity index (χ3v) is 2.12. The normalized spacial score (nSPS) is 9.93. The molecule has 2 aromatic heterocycles. The zero-order chi connectivity index (χ0) is 10.5. The second-order valence-electron chi connectivity index (χ2n) is 2.93. The van der Waals surface area contributed by atoms with Crippen LogP contribution >= 0.6 is 11.6 Å². The Morgan fingerprint density at radius 3 is 2.93 bits per heavy atom. The van der Waals surface area contributed by atoms with Crippen molar-refractivity contribution in [3.05, 3.63) is 48.4 Å². The molecule has 0 saturated carbocycles. The zero-order valence-corrected chi connectivity index (χ0v) is 8.69. The number of alkyl halides is 1. The van der Waals surface area contributed by atoms with E-state index in [-0.39, 0.29) is 0 Å². The molecule has 0 atom stereocenters. The molecule has 0 spiro atoms. The molecular weight excluding hydrogens is 212 g/mol. The molecule has 4 heteroatoms. The maximum absolute atomic E-state index is 5.71. The number of rotatable bonds is 3. The highest BCUT2D eigenvalue weighted by molar-refractivity contribution is 6.17. The van der Waals surface area contributed by atoms with Gasteiger partial charge in [0.1, 0.15) is 5.75 Å². The van der Waals surface area contributed by atoms with Crippen molar-refractivity contribution in [2.45, 2.75) is 5.88 Å². The SMILES string of the molecule is ClCc1ccnc(Oc2cccnc2)c1. The summed E-state index contributed by atoms with van der Waals surface area (Å²) in [5, 5.41) is 0. The largest absolute Gasteiger partial charge is 0.437 e.